The minimum absolute atomic E-state index is 0.0397. The Morgan fingerprint density at radius 1 is 1.22 bits per heavy atom. The summed E-state index contributed by atoms with van der Waals surface area (Å²) >= 11 is 0. The summed E-state index contributed by atoms with van der Waals surface area (Å²) in [6.07, 6.45) is 3.67. The predicted molar refractivity (Wildman–Crippen MR) is 85.2 cm³/mol. The molecule has 0 bridgehead atoms. The molecule has 132 valence electrons. The van der Waals surface area contributed by atoms with Crippen molar-refractivity contribution in [3.05, 3.63) is 0 Å². The molecule has 0 aromatic heterocycles. The Morgan fingerprint density at radius 2 is 1.87 bits per heavy atom. The van der Waals surface area contributed by atoms with Gasteiger partial charge >= 0.3 is 12.1 Å². The smallest absolute Gasteiger partial charge is 0.407 e. The third-order valence-electron chi connectivity index (χ3n) is 4.64. The third kappa shape index (κ3) is 4.83. The monoisotopic (exact) mass is 327 g/mol. The molecule has 3 unspecified atom stereocenters. The number of hydrogen-bond acceptors (Lipinski definition) is 4. The molecule has 1 heterocycles. The second-order valence-corrected chi connectivity index (χ2v) is 7.94. The molecule has 1 amide bonds. The van der Waals surface area contributed by atoms with Crippen LogP contribution in [0.3, 0.4) is 0 Å². The van der Waals surface area contributed by atoms with E-state index in [0.717, 1.165) is 25.7 Å². The van der Waals surface area contributed by atoms with Gasteiger partial charge in [0.25, 0.3) is 0 Å². The van der Waals surface area contributed by atoms with Crippen molar-refractivity contribution < 1.29 is 24.2 Å². The van der Waals surface area contributed by atoms with Crippen LogP contribution in [0.2, 0.25) is 0 Å². The average molecular weight is 327 g/mol. The molecular formula is C17H29NO5. The Bertz CT molecular complexity index is 454. The van der Waals surface area contributed by atoms with Crippen LogP contribution in [0.25, 0.3) is 0 Å². The molecule has 2 aliphatic rings. The van der Waals surface area contributed by atoms with Crippen LogP contribution >= 0.6 is 0 Å². The number of carboxylic acid groups (broad SMARTS) is 1. The second kappa shape index (κ2) is 6.67. The number of carbonyl (C=O) groups excluding carboxylic acids is 1. The van der Waals surface area contributed by atoms with Gasteiger partial charge in [0.05, 0.1) is 17.6 Å². The fourth-order valence-corrected chi connectivity index (χ4v) is 3.34. The highest BCUT2D eigenvalue weighted by Gasteiger charge is 2.53. The van der Waals surface area contributed by atoms with Crippen molar-refractivity contribution in [2.45, 2.75) is 77.6 Å². The van der Waals surface area contributed by atoms with Crippen LogP contribution in [-0.2, 0) is 14.3 Å². The standard InChI is InChI=1S/C17H29NO5/c1-11-5-8-13(22-11)9-17(14(19)20,12-6-7-12)10-18-15(21)23-16(2,3)4/h11-13H,5-10H2,1-4H3,(H,18,21)(H,19,20). The topological polar surface area (TPSA) is 84.9 Å². The molecule has 2 fully saturated rings. The maximum atomic E-state index is 12.0. The molecule has 1 aliphatic carbocycles. The zero-order chi connectivity index (χ0) is 17.3. The molecular weight excluding hydrogens is 298 g/mol. The van der Waals surface area contributed by atoms with Gasteiger partial charge in [0, 0.05) is 6.54 Å². The maximum absolute atomic E-state index is 12.0. The minimum Gasteiger partial charge on any atom is -0.481 e. The molecule has 2 N–H and O–H groups in total. The molecule has 1 aliphatic heterocycles. The highest BCUT2D eigenvalue weighted by molar-refractivity contribution is 5.77. The van der Waals surface area contributed by atoms with Gasteiger partial charge < -0.3 is 19.9 Å². The Kier molecular flexibility index (Phi) is 5.23. The van der Waals surface area contributed by atoms with E-state index in [2.05, 4.69) is 5.32 Å². The number of hydrogen-bond donors (Lipinski definition) is 2. The fourth-order valence-electron chi connectivity index (χ4n) is 3.34. The van der Waals surface area contributed by atoms with Crippen molar-refractivity contribution in [2.24, 2.45) is 11.3 Å². The van der Waals surface area contributed by atoms with Crippen molar-refractivity contribution in [3.63, 3.8) is 0 Å². The molecule has 6 heteroatoms. The fraction of sp³-hybridized carbons (Fsp3) is 0.882. The molecule has 0 aromatic carbocycles. The van der Waals surface area contributed by atoms with Gasteiger partial charge in [-0.05, 0) is 65.7 Å². The Balaban J connectivity index is 2.02. The molecule has 0 aromatic rings. The van der Waals surface area contributed by atoms with Crippen molar-refractivity contribution in [2.75, 3.05) is 6.54 Å². The lowest BCUT2D eigenvalue weighted by atomic mass is 9.77. The average Bonchev–Trinajstić information content (AvgIpc) is 3.17. The van der Waals surface area contributed by atoms with E-state index in [1.165, 1.54) is 0 Å². The SMILES string of the molecule is CC1CCC(CC(CNC(=O)OC(C)(C)C)(C(=O)O)C2CC2)O1. The number of nitrogens with one attached hydrogen (secondary N) is 1. The number of amides is 1. The minimum atomic E-state index is -0.953. The summed E-state index contributed by atoms with van der Waals surface area (Å²) in [6, 6.07) is 0. The van der Waals surface area contributed by atoms with Crippen LogP contribution in [0.5, 0.6) is 0 Å². The largest absolute Gasteiger partial charge is 0.481 e. The second-order valence-electron chi connectivity index (χ2n) is 7.94. The van der Waals surface area contributed by atoms with Crippen molar-refractivity contribution in [1.29, 1.82) is 0 Å². The van der Waals surface area contributed by atoms with E-state index in [1.807, 2.05) is 6.92 Å². The van der Waals surface area contributed by atoms with Crippen LogP contribution < -0.4 is 5.32 Å². The first kappa shape index (κ1) is 18.0. The van der Waals surface area contributed by atoms with Gasteiger partial charge in [-0.1, -0.05) is 0 Å². The molecule has 2 rings (SSSR count). The van der Waals surface area contributed by atoms with Gasteiger partial charge in [-0.2, -0.15) is 0 Å². The predicted octanol–water partition coefficient (Wildman–Crippen LogP) is 2.95. The van der Waals surface area contributed by atoms with Gasteiger partial charge in [0.15, 0.2) is 0 Å². The number of carbonyl (C=O) groups is 2. The van der Waals surface area contributed by atoms with Gasteiger partial charge in [0.2, 0.25) is 0 Å². The van der Waals surface area contributed by atoms with Crippen molar-refractivity contribution >= 4 is 12.1 Å². The van der Waals surface area contributed by atoms with Crippen LogP contribution in [0, 0.1) is 11.3 Å². The number of alkyl carbamates (subject to hydrolysis) is 1. The normalized spacial score (nSPS) is 27.3. The molecule has 3 atom stereocenters. The highest BCUT2D eigenvalue weighted by atomic mass is 16.6. The molecule has 0 radical (unpaired) electrons. The summed E-state index contributed by atoms with van der Waals surface area (Å²) in [4.78, 5) is 23.9. The quantitative estimate of drug-likeness (QED) is 0.783. The van der Waals surface area contributed by atoms with Crippen LogP contribution in [0.1, 0.15) is 59.8 Å². The summed E-state index contributed by atoms with van der Waals surface area (Å²) in [5.74, 6) is -0.742. The van der Waals surface area contributed by atoms with Crippen LogP contribution in [0.15, 0.2) is 0 Å². The molecule has 6 nitrogen and oxygen atoms in total. The van der Waals surface area contributed by atoms with E-state index in [4.69, 9.17) is 9.47 Å². The van der Waals surface area contributed by atoms with E-state index < -0.39 is 23.1 Å². The Morgan fingerprint density at radius 3 is 2.30 bits per heavy atom. The number of ether oxygens (including phenoxy) is 2. The van der Waals surface area contributed by atoms with Gasteiger partial charge in [-0.3, -0.25) is 4.79 Å². The zero-order valence-electron chi connectivity index (χ0n) is 14.6. The van der Waals surface area contributed by atoms with Crippen LogP contribution in [0.4, 0.5) is 4.79 Å². The first-order valence-corrected chi connectivity index (χ1v) is 8.48. The number of rotatable bonds is 6. The summed E-state index contributed by atoms with van der Waals surface area (Å²) < 4.78 is 11.1. The van der Waals surface area contributed by atoms with E-state index in [-0.39, 0.29) is 24.7 Å². The summed E-state index contributed by atoms with van der Waals surface area (Å²) in [7, 11) is 0. The van der Waals surface area contributed by atoms with E-state index in [0.29, 0.717) is 6.42 Å². The summed E-state index contributed by atoms with van der Waals surface area (Å²) in [6.45, 7) is 7.46. The van der Waals surface area contributed by atoms with E-state index in [9.17, 15) is 14.7 Å². The Labute approximate surface area is 137 Å². The maximum Gasteiger partial charge on any atom is 0.407 e. The first-order chi connectivity index (χ1) is 10.6. The molecule has 0 spiro atoms. The lowest BCUT2D eigenvalue weighted by Gasteiger charge is -2.32. The van der Waals surface area contributed by atoms with E-state index in [1.54, 1.807) is 20.8 Å². The molecule has 23 heavy (non-hydrogen) atoms. The summed E-state index contributed by atoms with van der Waals surface area (Å²) in [5, 5.41) is 12.5. The van der Waals surface area contributed by atoms with Gasteiger partial charge in [0.1, 0.15) is 5.60 Å². The number of aliphatic carboxylic acids is 1. The van der Waals surface area contributed by atoms with Crippen molar-refractivity contribution in [1.82, 2.24) is 5.32 Å². The van der Waals surface area contributed by atoms with Crippen LogP contribution in [-0.4, -0.2) is 41.5 Å². The lowest BCUT2D eigenvalue weighted by Crippen LogP contribution is -2.47. The molecule has 1 saturated heterocycles. The first-order valence-electron chi connectivity index (χ1n) is 8.48. The van der Waals surface area contributed by atoms with Gasteiger partial charge in [-0.15, -0.1) is 0 Å². The zero-order valence-corrected chi connectivity index (χ0v) is 14.6. The molecule has 1 saturated carbocycles. The third-order valence-corrected chi connectivity index (χ3v) is 4.64. The van der Waals surface area contributed by atoms with Crippen molar-refractivity contribution in [3.8, 4) is 0 Å². The van der Waals surface area contributed by atoms with E-state index >= 15 is 0 Å². The number of carboxylic acids is 1. The Hall–Kier alpha value is -1.30. The van der Waals surface area contributed by atoms with Gasteiger partial charge in [-0.25, -0.2) is 4.79 Å². The summed E-state index contributed by atoms with van der Waals surface area (Å²) in [5.41, 5.74) is -1.55. The lowest BCUT2D eigenvalue weighted by molar-refractivity contribution is -0.153. The highest BCUT2D eigenvalue weighted by Crippen LogP contribution is 2.49.